The van der Waals surface area contributed by atoms with Crippen molar-refractivity contribution in [2.24, 2.45) is 0 Å². The Kier molecular flexibility index (Phi) is 4.05. The van der Waals surface area contributed by atoms with Crippen LogP contribution in [0.5, 0.6) is 0 Å². The third kappa shape index (κ3) is 2.85. The third-order valence-corrected chi connectivity index (χ3v) is 4.66. The van der Waals surface area contributed by atoms with Gasteiger partial charge in [0.25, 0.3) is 0 Å². The van der Waals surface area contributed by atoms with Crippen LogP contribution in [0.3, 0.4) is 0 Å². The second-order valence-electron chi connectivity index (χ2n) is 5.33. The van der Waals surface area contributed by atoms with Crippen molar-refractivity contribution >= 4 is 22.7 Å². The van der Waals surface area contributed by atoms with Gasteiger partial charge >= 0.3 is 0 Å². The number of benzene rings is 1. The molecule has 5 heteroatoms. The fourth-order valence-electron chi connectivity index (χ4n) is 2.64. The highest BCUT2D eigenvalue weighted by Gasteiger charge is 2.19. The molecule has 0 fully saturated rings. The third-order valence-electron chi connectivity index (χ3n) is 3.74. The van der Waals surface area contributed by atoms with Crippen molar-refractivity contribution in [1.29, 1.82) is 5.41 Å². The first-order valence-corrected chi connectivity index (χ1v) is 7.89. The molecule has 0 saturated carbocycles. The zero-order valence-electron chi connectivity index (χ0n) is 12.0. The average Bonchev–Trinajstić information content (AvgIpc) is 2.88. The van der Waals surface area contributed by atoms with Gasteiger partial charge in [-0.3, -0.25) is 10.3 Å². The maximum atomic E-state index is 8.97. The van der Waals surface area contributed by atoms with Crippen molar-refractivity contribution in [1.82, 2.24) is 4.90 Å². The molecule has 1 aromatic heterocycles. The van der Waals surface area contributed by atoms with Gasteiger partial charge in [0.2, 0.25) is 0 Å². The Morgan fingerprint density at radius 2 is 2.19 bits per heavy atom. The molecule has 1 aliphatic heterocycles. The number of nitrogens with zero attached hydrogens (tertiary/aromatic N) is 1. The summed E-state index contributed by atoms with van der Waals surface area (Å²) in [5.41, 5.74) is 4.81. The molecule has 3 rings (SSSR count). The molecule has 3 N–H and O–H groups in total. The van der Waals surface area contributed by atoms with E-state index in [9.17, 15) is 0 Å². The van der Waals surface area contributed by atoms with Gasteiger partial charge < -0.3 is 10.4 Å². The molecule has 1 aliphatic rings. The molecule has 110 valence electrons. The average molecular weight is 301 g/mol. The second-order valence-corrected chi connectivity index (χ2v) is 6.33. The predicted octanol–water partition coefficient (Wildman–Crippen LogP) is 2.51. The standard InChI is InChI=1S/C16H19N3OS/c1-19(5-6-20)10-11-2-3-12-14(8-11)18-9-15-13(16(12)17)4-7-21-15/h2-4,7-8,17-18,20H,5-6,9-10H2,1H3. The molecule has 0 aliphatic carbocycles. The quantitative estimate of drug-likeness (QED) is 0.813. The minimum Gasteiger partial charge on any atom is -0.395 e. The molecule has 0 amide bonds. The maximum Gasteiger partial charge on any atom is 0.0717 e. The summed E-state index contributed by atoms with van der Waals surface area (Å²) in [6.07, 6.45) is 0. The molecule has 4 nitrogen and oxygen atoms in total. The number of hydrogen-bond donors (Lipinski definition) is 3. The van der Waals surface area contributed by atoms with Gasteiger partial charge in [0, 0.05) is 34.8 Å². The van der Waals surface area contributed by atoms with E-state index in [1.165, 1.54) is 10.4 Å². The van der Waals surface area contributed by atoms with Crippen LogP contribution in [0, 0.1) is 5.41 Å². The normalized spacial score (nSPS) is 13.6. The van der Waals surface area contributed by atoms with Crippen molar-refractivity contribution in [2.45, 2.75) is 13.1 Å². The van der Waals surface area contributed by atoms with E-state index in [2.05, 4.69) is 22.3 Å². The number of hydrogen-bond acceptors (Lipinski definition) is 5. The number of likely N-dealkylation sites (N-methyl/N-ethyl adjacent to an activating group) is 1. The van der Waals surface area contributed by atoms with Crippen LogP contribution in [0.4, 0.5) is 5.69 Å². The summed E-state index contributed by atoms with van der Waals surface area (Å²) in [5.74, 6) is 0. The number of aliphatic hydroxyl groups is 1. The number of nitrogens with one attached hydrogen (secondary N) is 2. The molecule has 2 aromatic rings. The first-order chi connectivity index (χ1) is 10.2. The van der Waals surface area contributed by atoms with E-state index in [1.54, 1.807) is 11.3 Å². The molecule has 0 bridgehead atoms. The minimum atomic E-state index is 0.171. The van der Waals surface area contributed by atoms with E-state index in [-0.39, 0.29) is 6.61 Å². The van der Waals surface area contributed by atoms with Crippen LogP contribution in [0.1, 0.15) is 21.6 Å². The van der Waals surface area contributed by atoms with Gasteiger partial charge in [0.15, 0.2) is 0 Å². The van der Waals surface area contributed by atoms with E-state index >= 15 is 0 Å². The Morgan fingerprint density at radius 3 is 3.00 bits per heavy atom. The summed E-state index contributed by atoms with van der Waals surface area (Å²) < 4.78 is 0. The predicted molar refractivity (Wildman–Crippen MR) is 87.4 cm³/mol. The van der Waals surface area contributed by atoms with Crippen LogP contribution in [0.25, 0.3) is 0 Å². The van der Waals surface area contributed by atoms with Gasteiger partial charge in [-0.15, -0.1) is 11.3 Å². The molecular formula is C16H19N3OS. The lowest BCUT2D eigenvalue weighted by molar-refractivity contribution is 0.217. The van der Waals surface area contributed by atoms with Gasteiger partial charge in [-0.25, -0.2) is 0 Å². The van der Waals surface area contributed by atoms with Crippen molar-refractivity contribution in [3.8, 4) is 0 Å². The fourth-order valence-corrected chi connectivity index (χ4v) is 3.46. The summed E-state index contributed by atoms with van der Waals surface area (Å²) >= 11 is 1.70. The summed E-state index contributed by atoms with van der Waals surface area (Å²) in [6, 6.07) is 8.25. The first kappa shape index (κ1) is 14.3. The number of fused-ring (bicyclic) bond motifs is 2. The van der Waals surface area contributed by atoms with Crippen molar-refractivity contribution in [3.63, 3.8) is 0 Å². The minimum absolute atomic E-state index is 0.171. The Bertz CT molecular complexity index is 665. The topological polar surface area (TPSA) is 59.4 Å². The van der Waals surface area contributed by atoms with Gasteiger partial charge in [0.05, 0.1) is 18.9 Å². The summed E-state index contributed by atoms with van der Waals surface area (Å²) in [6.45, 7) is 2.41. The zero-order chi connectivity index (χ0) is 14.8. The van der Waals surface area contributed by atoms with Crippen LogP contribution < -0.4 is 5.32 Å². The molecular weight excluding hydrogens is 282 g/mol. The SMILES string of the molecule is CN(CCO)Cc1ccc2c(c1)NCc1sccc1C2=N. The maximum absolute atomic E-state index is 8.97. The lowest BCUT2D eigenvalue weighted by Gasteiger charge is -2.17. The Hall–Kier alpha value is -1.69. The van der Waals surface area contributed by atoms with E-state index in [0.29, 0.717) is 12.3 Å². The lowest BCUT2D eigenvalue weighted by atomic mass is 10.0. The fraction of sp³-hybridized carbons (Fsp3) is 0.312. The second kappa shape index (κ2) is 5.97. The Morgan fingerprint density at radius 1 is 1.33 bits per heavy atom. The Labute approximate surface area is 128 Å². The highest BCUT2D eigenvalue weighted by atomic mass is 32.1. The van der Waals surface area contributed by atoms with Gasteiger partial charge in [-0.2, -0.15) is 0 Å². The van der Waals surface area contributed by atoms with E-state index in [1.807, 2.05) is 24.6 Å². The summed E-state index contributed by atoms with van der Waals surface area (Å²) in [5, 5.41) is 22.9. The van der Waals surface area contributed by atoms with Crippen LogP contribution in [0.2, 0.25) is 0 Å². The van der Waals surface area contributed by atoms with Crippen LogP contribution in [-0.4, -0.2) is 35.9 Å². The van der Waals surface area contributed by atoms with Crippen LogP contribution in [-0.2, 0) is 13.1 Å². The smallest absolute Gasteiger partial charge is 0.0717 e. The molecule has 0 saturated heterocycles. The van der Waals surface area contributed by atoms with Crippen molar-refractivity contribution < 1.29 is 5.11 Å². The zero-order valence-corrected chi connectivity index (χ0v) is 12.8. The van der Waals surface area contributed by atoms with Crippen molar-refractivity contribution in [2.75, 3.05) is 25.5 Å². The van der Waals surface area contributed by atoms with E-state index < -0.39 is 0 Å². The van der Waals surface area contributed by atoms with E-state index in [0.717, 1.165) is 29.9 Å². The number of aliphatic hydroxyl groups excluding tert-OH is 1. The van der Waals surface area contributed by atoms with Gasteiger partial charge in [0.1, 0.15) is 0 Å². The molecule has 0 atom stereocenters. The van der Waals surface area contributed by atoms with Crippen LogP contribution in [0.15, 0.2) is 29.6 Å². The monoisotopic (exact) mass is 301 g/mol. The highest BCUT2D eigenvalue weighted by molar-refractivity contribution is 7.10. The number of thiophene rings is 1. The first-order valence-electron chi connectivity index (χ1n) is 7.01. The summed E-state index contributed by atoms with van der Waals surface area (Å²) in [4.78, 5) is 3.30. The summed E-state index contributed by atoms with van der Waals surface area (Å²) in [7, 11) is 1.99. The molecule has 0 radical (unpaired) electrons. The van der Waals surface area contributed by atoms with Crippen molar-refractivity contribution in [3.05, 3.63) is 51.2 Å². The lowest BCUT2D eigenvalue weighted by Crippen LogP contribution is -2.21. The molecule has 0 unspecified atom stereocenters. The highest BCUT2D eigenvalue weighted by Crippen LogP contribution is 2.30. The van der Waals surface area contributed by atoms with Crippen LogP contribution >= 0.6 is 11.3 Å². The number of rotatable bonds is 4. The molecule has 1 aromatic carbocycles. The molecule has 21 heavy (non-hydrogen) atoms. The van der Waals surface area contributed by atoms with Gasteiger partial charge in [-0.05, 0) is 30.1 Å². The molecule has 0 spiro atoms. The number of anilines is 1. The largest absolute Gasteiger partial charge is 0.395 e. The van der Waals surface area contributed by atoms with E-state index in [4.69, 9.17) is 10.5 Å². The molecule has 2 heterocycles. The Balaban J connectivity index is 1.88. The van der Waals surface area contributed by atoms with Gasteiger partial charge in [-0.1, -0.05) is 12.1 Å².